The van der Waals surface area contributed by atoms with E-state index in [1.54, 1.807) is 11.3 Å². The van der Waals surface area contributed by atoms with E-state index in [2.05, 4.69) is 46.6 Å². The smallest absolute Gasteiger partial charge is 0.226 e. The summed E-state index contributed by atoms with van der Waals surface area (Å²) in [7, 11) is 0. The van der Waals surface area contributed by atoms with Crippen molar-refractivity contribution in [2.75, 3.05) is 26.2 Å². The fourth-order valence-electron chi connectivity index (χ4n) is 5.10. The number of ether oxygens (including phenoxy) is 1. The van der Waals surface area contributed by atoms with E-state index in [0.29, 0.717) is 13.2 Å². The van der Waals surface area contributed by atoms with Crippen LogP contribution in [0, 0.1) is 5.41 Å². The molecule has 1 aliphatic heterocycles. The van der Waals surface area contributed by atoms with E-state index in [9.17, 15) is 4.79 Å². The van der Waals surface area contributed by atoms with E-state index < -0.39 is 0 Å². The van der Waals surface area contributed by atoms with Crippen LogP contribution in [0.2, 0.25) is 0 Å². The van der Waals surface area contributed by atoms with Gasteiger partial charge in [0.2, 0.25) is 5.91 Å². The molecule has 0 radical (unpaired) electrons. The number of aromatic nitrogens is 1. The van der Waals surface area contributed by atoms with Gasteiger partial charge in [-0.25, -0.2) is 4.98 Å². The summed E-state index contributed by atoms with van der Waals surface area (Å²) in [6.45, 7) is 3.99. The monoisotopic (exact) mass is 449 g/mol. The maximum Gasteiger partial charge on any atom is 0.226 e. The van der Waals surface area contributed by atoms with Crippen molar-refractivity contribution in [3.05, 3.63) is 65.2 Å². The zero-order valence-corrected chi connectivity index (χ0v) is 19.3. The van der Waals surface area contributed by atoms with Gasteiger partial charge in [-0.05, 0) is 30.5 Å². The highest BCUT2D eigenvalue weighted by Crippen LogP contribution is 2.42. The predicted molar refractivity (Wildman–Crippen MR) is 129 cm³/mol. The van der Waals surface area contributed by atoms with Gasteiger partial charge in [-0.3, -0.25) is 9.69 Å². The summed E-state index contributed by atoms with van der Waals surface area (Å²) in [4.78, 5) is 20.6. The summed E-state index contributed by atoms with van der Waals surface area (Å²) in [6.07, 6.45) is 4.90. The molecule has 1 amide bonds. The fourth-order valence-corrected chi connectivity index (χ4v) is 6.22. The average molecular weight is 450 g/mol. The first-order valence-electron chi connectivity index (χ1n) is 11.7. The number of hydrogen-bond acceptors (Lipinski definition) is 5. The van der Waals surface area contributed by atoms with Crippen molar-refractivity contribution in [2.24, 2.45) is 5.41 Å². The second kappa shape index (κ2) is 9.69. The molecule has 2 fully saturated rings. The zero-order valence-electron chi connectivity index (χ0n) is 18.5. The van der Waals surface area contributed by atoms with Gasteiger partial charge < -0.3 is 10.1 Å². The van der Waals surface area contributed by atoms with Crippen LogP contribution >= 0.6 is 11.3 Å². The molecule has 3 aromatic rings. The molecule has 1 unspecified atom stereocenters. The van der Waals surface area contributed by atoms with Crippen LogP contribution in [-0.4, -0.2) is 48.1 Å². The molecule has 1 saturated heterocycles. The number of rotatable bonds is 7. The summed E-state index contributed by atoms with van der Waals surface area (Å²) in [5, 5.41) is 4.34. The van der Waals surface area contributed by atoms with Gasteiger partial charge in [-0.2, -0.15) is 0 Å². The molecule has 1 aromatic heterocycles. The predicted octanol–water partition coefficient (Wildman–Crippen LogP) is 4.42. The number of nitrogens with one attached hydrogen (secondary N) is 1. The van der Waals surface area contributed by atoms with Gasteiger partial charge >= 0.3 is 0 Å². The van der Waals surface area contributed by atoms with Crippen molar-refractivity contribution >= 4 is 27.5 Å². The fraction of sp³-hybridized carbons (Fsp3) is 0.462. The van der Waals surface area contributed by atoms with Gasteiger partial charge in [0.25, 0.3) is 0 Å². The van der Waals surface area contributed by atoms with Gasteiger partial charge in [0.1, 0.15) is 0 Å². The Hall–Kier alpha value is -2.28. The second-order valence-corrected chi connectivity index (χ2v) is 10.3. The van der Waals surface area contributed by atoms with Gasteiger partial charge in [0, 0.05) is 32.6 Å². The van der Waals surface area contributed by atoms with Crippen LogP contribution in [0.25, 0.3) is 10.2 Å². The third kappa shape index (κ3) is 4.87. The third-order valence-electron chi connectivity index (χ3n) is 6.83. The lowest BCUT2D eigenvalue weighted by Gasteiger charge is -2.34. The van der Waals surface area contributed by atoms with Crippen LogP contribution in [-0.2, 0) is 22.5 Å². The Morgan fingerprint density at radius 2 is 1.91 bits per heavy atom. The van der Waals surface area contributed by atoms with Crippen LogP contribution in [0.4, 0.5) is 0 Å². The number of thiazole rings is 1. The summed E-state index contributed by atoms with van der Waals surface area (Å²) in [6, 6.07) is 18.8. The molecule has 5 rings (SSSR count). The first-order valence-corrected chi connectivity index (χ1v) is 12.5. The van der Waals surface area contributed by atoms with E-state index in [0.717, 1.165) is 62.3 Å². The second-order valence-electron chi connectivity index (χ2n) is 9.16. The minimum atomic E-state index is -0.327. The van der Waals surface area contributed by atoms with Crippen molar-refractivity contribution in [3.63, 3.8) is 0 Å². The van der Waals surface area contributed by atoms with Crippen molar-refractivity contribution in [3.8, 4) is 0 Å². The molecule has 1 saturated carbocycles. The largest absolute Gasteiger partial charge is 0.374 e. The Kier molecular flexibility index (Phi) is 6.53. The van der Waals surface area contributed by atoms with Crippen LogP contribution in [0.15, 0.2) is 54.6 Å². The van der Waals surface area contributed by atoms with E-state index in [1.165, 1.54) is 10.3 Å². The van der Waals surface area contributed by atoms with Crippen LogP contribution in [0.3, 0.4) is 0 Å². The number of hydrogen-bond donors (Lipinski definition) is 1. The van der Waals surface area contributed by atoms with Crippen molar-refractivity contribution in [1.82, 2.24) is 15.2 Å². The Morgan fingerprint density at radius 3 is 2.72 bits per heavy atom. The molecule has 1 aliphatic carbocycles. The first-order chi connectivity index (χ1) is 15.7. The SMILES string of the molecule is O=C(NCC1CN(Cc2ccccc2)CCO1)C1(Cc2nc3ccccc3s2)CCCC1. The summed E-state index contributed by atoms with van der Waals surface area (Å²) in [5.74, 6) is 0.179. The van der Waals surface area contributed by atoms with Crippen molar-refractivity contribution < 1.29 is 9.53 Å². The average Bonchev–Trinajstić information content (AvgIpc) is 3.46. The third-order valence-corrected chi connectivity index (χ3v) is 7.87. The quantitative estimate of drug-likeness (QED) is 0.580. The number of benzene rings is 2. The zero-order chi connectivity index (χ0) is 21.8. The number of carbonyl (C=O) groups excluding carboxylic acids is 1. The van der Waals surface area contributed by atoms with Gasteiger partial charge in [0.15, 0.2) is 0 Å². The van der Waals surface area contributed by atoms with Crippen molar-refractivity contribution in [1.29, 1.82) is 0 Å². The summed E-state index contributed by atoms with van der Waals surface area (Å²) in [5.41, 5.74) is 2.03. The maximum atomic E-state index is 13.4. The topological polar surface area (TPSA) is 54.5 Å². The number of carbonyl (C=O) groups is 1. The Balaban J connectivity index is 1.19. The highest BCUT2D eigenvalue weighted by Gasteiger charge is 2.42. The molecular formula is C26H31N3O2S. The van der Waals surface area contributed by atoms with Gasteiger partial charge in [-0.15, -0.1) is 11.3 Å². The molecule has 1 N–H and O–H groups in total. The maximum absolute atomic E-state index is 13.4. The number of amides is 1. The standard InChI is InChI=1S/C26H31N3O2S/c30-25(27-17-21-19-29(14-15-31-21)18-20-8-2-1-3-9-20)26(12-6-7-13-26)16-24-28-22-10-4-5-11-23(22)32-24/h1-5,8-11,21H,6-7,12-19H2,(H,27,30). The number of para-hydroxylation sites is 1. The molecule has 2 aromatic carbocycles. The first kappa shape index (κ1) is 21.6. The van der Waals surface area contributed by atoms with Crippen LogP contribution < -0.4 is 5.32 Å². The Bertz CT molecular complexity index is 1010. The lowest BCUT2D eigenvalue weighted by Crippen LogP contribution is -2.49. The van der Waals surface area contributed by atoms with Crippen LogP contribution in [0.1, 0.15) is 36.3 Å². The van der Waals surface area contributed by atoms with Crippen LogP contribution in [0.5, 0.6) is 0 Å². The van der Waals surface area contributed by atoms with Gasteiger partial charge in [0.05, 0.1) is 33.4 Å². The van der Waals surface area contributed by atoms with E-state index in [-0.39, 0.29) is 17.4 Å². The minimum Gasteiger partial charge on any atom is -0.374 e. The molecule has 2 heterocycles. The van der Waals surface area contributed by atoms with E-state index in [4.69, 9.17) is 9.72 Å². The Morgan fingerprint density at radius 1 is 1.12 bits per heavy atom. The summed E-state index contributed by atoms with van der Waals surface area (Å²) < 4.78 is 7.18. The minimum absolute atomic E-state index is 0.0392. The molecule has 0 spiro atoms. The molecule has 2 aliphatic rings. The highest BCUT2D eigenvalue weighted by molar-refractivity contribution is 7.18. The number of morpholine rings is 1. The molecule has 1 atom stereocenters. The lowest BCUT2D eigenvalue weighted by atomic mass is 9.82. The molecule has 0 bridgehead atoms. The summed E-state index contributed by atoms with van der Waals surface area (Å²) >= 11 is 1.72. The molecule has 6 heteroatoms. The number of fused-ring (bicyclic) bond motifs is 1. The number of nitrogens with zero attached hydrogens (tertiary/aromatic N) is 2. The highest BCUT2D eigenvalue weighted by atomic mass is 32.1. The lowest BCUT2D eigenvalue weighted by molar-refractivity contribution is -0.132. The van der Waals surface area contributed by atoms with E-state index in [1.807, 2.05) is 18.2 Å². The molecule has 5 nitrogen and oxygen atoms in total. The van der Waals surface area contributed by atoms with Crippen molar-refractivity contribution in [2.45, 2.75) is 44.8 Å². The molecule has 168 valence electrons. The normalized spacial score (nSPS) is 21.1. The van der Waals surface area contributed by atoms with Gasteiger partial charge in [-0.1, -0.05) is 55.3 Å². The molecular weight excluding hydrogens is 418 g/mol. The van der Waals surface area contributed by atoms with E-state index >= 15 is 0 Å². The molecule has 32 heavy (non-hydrogen) atoms. The Labute approximate surface area is 193 Å².